The Bertz CT molecular complexity index is 513. The molecule has 0 aliphatic carbocycles. The second-order valence-electron chi connectivity index (χ2n) is 4.21. The number of benzene rings is 1. The minimum Gasteiger partial charge on any atom is -0.494 e. The summed E-state index contributed by atoms with van der Waals surface area (Å²) in [6, 6.07) is 6.07. The molecule has 0 unspecified atom stereocenters. The lowest BCUT2D eigenvalue weighted by molar-refractivity contribution is 0.341. The van der Waals surface area contributed by atoms with Crippen LogP contribution in [0.25, 0.3) is 10.2 Å². The maximum Gasteiger partial charge on any atom is 0.183 e. The zero-order valence-corrected chi connectivity index (χ0v) is 13.1. The van der Waals surface area contributed by atoms with Gasteiger partial charge in [-0.2, -0.15) is 11.8 Å². The van der Waals surface area contributed by atoms with Crippen molar-refractivity contribution in [1.82, 2.24) is 4.98 Å². The van der Waals surface area contributed by atoms with Gasteiger partial charge in [0.25, 0.3) is 0 Å². The van der Waals surface area contributed by atoms with E-state index in [1.807, 2.05) is 30.8 Å². The molecule has 0 radical (unpaired) electrons. The van der Waals surface area contributed by atoms with E-state index in [9.17, 15) is 0 Å². The summed E-state index contributed by atoms with van der Waals surface area (Å²) in [5.74, 6) is 2.16. The summed E-state index contributed by atoms with van der Waals surface area (Å²) in [5, 5.41) is 4.41. The summed E-state index contributed by atoms with van der Waals surface area (Å²) in [6.45, 7) is 3.70. The number of ether oxygens (including phenoxy) is 1. The second kappa shape index (κ2) is 7.60. The topological polar surface area (TPSA) is 34.1 Å². The molecular weight excluding hydrogens is 276 g/mol. The standard InChI is InChI=1S/C14H20N2OS2/c1-3-17-11-6-7-12-13(10-11)19-14(16-12)15-8-4-5-9-18-2/h6-7,10H,3-5,8-9H2,1-2H3,(H,15,16). The maximum absolute atomic E-state index is 5.50. The monoisotopic (exact) mass is 296 g/mol. The number of nitrogens with one attached hydrogen (secondary N) is 1. The van der Waals surface area contributed by atoms with Crippen LogP contribution in [-0.4, -0.2) is 30.1 Å². The molecule has 3 nitrogen and oxygen atoms in total. The molecule has 2 aromatic rings. The highest BCUT2D eigenvalue weighted by Gasteiger charge is 2.04. The third kappa shape index (κ3) is 4.28. The van der Waals surface area contributed by atoms with E-state index >= 15 is 0 Å². The lowest BCUT2D eigenvalue weighted by atomic mass is 10.3. The molecule has 1 aromatic heterocycles. The van der Waals surface area contributed by atoms with Gasteiger partial charge in [-0.25, -0.2) is 4.98 Å². The number of fused-ring (bicyclic) bond motifs is 1. The predicted molar refractivity (Wildman–Crippen MR) is 86.9 cm³/mol. The first kappa shape index (κ1) is 14.5. The summed E-state index contributed by atoms with van der Waals surface area (Å²) in [5.41, 5.74) is 1.04. The molecule has 0 aliphatic rings. The summed E-state index contributed by atoms with van der Waals surface area (Å²) in [7, 11) is 0. The number of unbranched alkanes of at least 4 members (excludes halogenated alkanes) is 1. The fourth-order valence-electron chi connectivity index (χ4n) is 1.80. The van der Waals surface area contributed by atoms with E-state index in [1.165, 1.54) is 23.3 Å². The lowest BCUT2D eigenvalue weighted by Gasteiger charge is -2.00. The largest absolute Gasteiger partial charge is 0.494 e. The fourth-order valence-corrected chi connectivity index (χ4v) is 3.22. The van der Waals surface area contributed by atoms with Gasteiger partial charge in [-0.15, -0.1) is 0 Å². The smallest absolute Gasteiger partial charge is 0.183 e. The minimum atomic E-state index is 0.699. The van der Waals surface area contributed by atoms with Gasteiger partial charge >= 0.3 is 0 Å². The van der Waals surface area contributed by atoms with Crippen LogP contribution in [0.4, 0.5) is 5.13 Å². The van der Waals surface area contributed by atoms with Crippen LogP contribution in [0, 0.1) is 0 Å². The molecule has 0 aliphatic heterocycles. The van der Waals surface area contributed by atoms with Crippen LogP contribution in [-0.2, 0) is 0 Å². The number of thioether (sulfide) groups is 1. The molecule has 1 N–H and O–H groups in total. The normalized spacial score (nSPS) is 10.8. The van der Waals surface area contributed by atoms with Crippen molar-refractivity contribution in [3.05, 3.63) is 18.2 Å². The fraction of sp³-hybridized carbons (Fsp3) is 0.500. The van der Waals surface area contributed by atoms with Gasteiger partial charge in [0.1, 0.15) is 5.75 Å². The summed E-state index contributed by atoms with van der Waals surface area (Å²) in [4.78, 5) is 4.58. The number of thiazole rings is 1. The Kier molecular flexibility index (Phi) is 5.79. The van der Waals surface area contributed by atoms with Crippen LogP contribution in [0.1, 0.15) is 19.8 Å². The highest BCUT2D eigenvalue weighted by molar-refractivity contribution is 7.98. The molecule has 0 saturated heterocycles. The first-order chi connectivity index (χ1) is 9.33. The van der Waals surface area contributed by atoms with E-state index in [2.05, 4.69) is 22.6 Å². The molecule has 0 fully saturated rings. The maximum atomic E-state index is 5.50. The van der Waals surface area contributed by atoms with Crippen molar-refractivity contribution in [1.29, 1.82) is 0 Å². The molecule has 19 heavy (non-hydrogen) atoms. The van der Waals surface area contributed by atoms with Crippen LogP contribution in [0.2, 0.25) is 0 Å². The first-order valence-corrected chi connectivity index (χ1v) is 8.80. The van der Waals surface area contributed by atoms with Crippen molar-refractivity contribution in [2.24, 2.45) is 0 Å². The average Bonchev–Trinajstić information content (AvgIpc) is 2.81. The first-order valence-electron chi connectivity index (χ1n) is 6.59. The number of hydrogen-bond donors (Lipinski definition) is 1. The van der Waals surface area contributed by atoms with E-state index in [4.69, 9.17) is 4.74 Å². The Balaban J connectivity index is 1.93. The molecule has 0 bridgehead atoms. The van der Waals surface area contributed by atoms with Crippen molar-refractivity contribution >= 4 is 38.4 Å². The SMILES string of the molecule is CCOc1ccc2nc(NCCCCSC)sc2c1. The van der Waals surface area contributed by atoms with Gasteiger partial charge in [-0.05, 0) is 50.0 Å². The second-order valence-corrected chi connectivity index (χ2v) is 6.22. The van der Waals surface area contributed by atoms with Crippen molar-refractivity contribution in [3.63, 3.8) is 0 Å². The Morgan fingerprint density at radius 1 is 1.37 bits per heavy atom. The number of aromatic nitrogens is 1. The van der Waals surface area contributed by atoms with Gasteiger partial charge in [0, 0.05) is 6.54 Å². The molecule has 1 heterocycles. The lowest BCUT2D eigenvalue weighted by Crippen LogP contribution is -2.01. The van der Waals surface area contributed by atoms with Crippen molar-refractivity contribution < 1.29 is 4.74 Å². The van der Waals surface area contributed by atoms with Crippen LogP contribution >= 0.6 is 23.1 Å². The quantitative estimate of drug-likeness (QED) is 0.738. The Morgan fingerprint density at radius 2 is 2.26 bits per heavy atom. The third-order valence-electron chi connectivity index (χ3n) is 2.72. The van der Waals surface area contributed by atoms with Gasteiger partial charge in [0.15, 0.2) is 5.13 Å². The van der Waals surface area contributed by atoms with Gasteiger partial charge in [0.2, 0.25) is 0 Å². The molecule has 0 amide bonds. The van der Waals surface area contributed by atoms with Crippen LogP contribution in [0.15, 0.2) is 18.2 Å². The van der Waals surface area contributed by atoms with E-state index in [0.29, 0.717) is 6.61 Å². The van der Waals surface area contributed by atoms with E-state index in [-0.39, 0.29) is 0 Å². The van der Waals surface area contributed by atoms with Crippen molar-refractivity contribution in [2.75, 3.05) is 30.5 Å². The average molecular weight is 296 g/mol. The highest BCUT2D eigenvalue weighted by Crippen LogP contribution is 2.29. The molecular formula is C14H20N2OS2. The van der Waals surface area contributed by atoms with Crippen LogP contribution < -0.4 is 10.1 Å². The molecule has 0 saturated carbocycles. The predicted octanol–water partition coefficient (Wildman–Crippen LogP) is 4.25. The number of anilines is 1. The molecule has 0 atom stereocenters. The molecule has 5 heteroatoms. The summed E-state index contributed by atoms with van der Waals surface area (Å²) < 4.78 is 6.68. The minimum absolute atomic E-state index is 0.699. The van der Waals surface area contributed by atoms with Gasteiger partial charge in [-0.3, -0.25) is 0 Å². The van der Waals surface area contributed by atoms with E-state index < -0.39 is 0 Å². The van der Waals surface area contributed by atoms with E-state index in [1.54, 1.807) is 11.3 Å². The molecule has 104 valence electrons. The Hall–Kier alpha value is -0.940. The number of rotatable bonds is 8. The zero-order valence-electron chi connectivity index (χ0n) is 11.4. The summed E-state index contributed by atoms with van der Waals surface area (Å²) in [6.07, 6.45) is 4.60. The van der Waals surface area contributed by atoms with Gasteiger partial charge < -0.3 is 10.1 Å². The molecule has 0 spiro atoms. The molecule has 1 aromatic carbocycles. The van der Waals surface area contributed by atoms with Gasteiger partial charge in [0.05, 0.1) is 16.8 Å². The third-order valence-corrected chi connectivity index (χ3v) is 4.40. The Morgan fingerprint density at radius 3 is 3.05 bits per heavy atom. The summed E-state index contributed by atoms with van der Waals surface area (Å²) >= 11 is 3.60. The van der Waals surface area contributed by atoms with Gasteiger partial charge in [-0.1, -0.05) is 11.3 Å². The Labute approximate surface area is 122 Å². The number of nitrogens with zero attached hydrogens (tertiary/aromatic N) is 1. The van der Waals surface area contributed by atoms with E-state index in [0.717, 1.165) is 22.9 Å². The van der Waals surface area contributed by atoms with Crippen LogP contribution in [0.3, 0.4) is 0 Å². The highest BCUT2D eigenvalue weighted by atomic mass is 32.2. The number of hydrogen-bond acceptors (Lipinski definition) is 5. The van der Waals surface area contributed by atoms with Crippen LogP contribution in [0.5, 0.6) is 5.75 Å². The van der Waals surface area contributed by atoms with Crippen molar-refractivity contribution in [2.45, 2.75) is 19.8 Å². The molecule has 2 rings (SSSR count). The zero-order chi connectivity index (χ0) is 13.5. The van der Waals surface area contributed by atoms with Crippen molar-refractivity contribution in [3.8, 4) is 5.75 Å².